The largest absolute Gasteiger partial charge is 0.481 e. The molecule has 0 unspecified atom stereocenters. The van der Waals surface area contributed by atoms with Crippen molar-refractivity contribution >= 4 is 35.1 Å². The molecule has 1 aromatic carbocycles. The normalized spacial score (nSPS) is 19.9. The highest BCUT2D eigenvalue weighted by atomic mass is 35.5. The van der Waals surface area contributed by atoms with Crippen LogP contribution in [0.4, 0.5) is 5.69 Å². The summed E-state index contributed by atoms with van der Waals surface area (Å²) in [7, 11) is 1.23. The van der Waals surface area contributed by atoms with Gasteiger partial charge in [0.2, 0.25) is 5.91 Å². The number of carboxylic acids is 1. The van der Waals surface area contributed by atoms with Crippen LogP contribution in [-0.4, -0.2) is 30.1 Å². The number of carboxylic acid groups (broad SMARTS) is 1. The first-order valence-corrected chi connectivity index (χ1v) is 7.38. The van der Waals surface area contributed by atoms with Crippen molar-refractivity contribution in [2.24, 2.45) is 11.8 Å². The van der Waals surface area contributed by atoms with Gasteiger partial charge in [-0.25, -0.2) is 4.79 Å². The minimum atomic E-state index is -1.02. The zero-order chi connectivity index (χ0) is 17.0. The van der Waals surface area contributed by atoms with Crippen LogP contribution in [0.3, 0.4) is 0 Å². The number of hydrogen-bond donors (Lipinski definition) is 2. The van der Waals surface area contributed by atoms with Crippen LogP contribution in [0.5, 0.6) is 0 Å². The maximum atomic E-state index is 12.5. The fraction of sp³-hybridized carbons (Fsp3) is 0.312. The van der Waals surface area contributed by atoms with Crippen molar-refractivity contribution < 1.29 is 24.2 Å². The maximum Gasteiger partial charge on any atom is 0.339 e. The highest BCUT2D eigenvalue weighted by molar-refractivity contribution is 6.31. The van der Waals surface area contributed by atoms with Crippen LogP contribution in [0, 0.1) is 11.8 Å². The number of benzene rings is 1. The smallest absolute Gasteiger partial charge is 0.339 e. The van der Waals surface area contributed by atoms with Crippen molar-refractivity contribution in [3.8, 4) is 0 Å². The van der Waals surface area contributed by atoms with Crippen molar-refractivity contribution in [3.05, 3.63) is 40.9 Å². The van der Waals surface area contributed by atoms with E-state index in [1.807, 2.05) is 0 Å². The van der Waals surface area contributed by atoms with E-state index in [-0.39, 0.29) is 11.3 Å². The lowest BCUT2D eigenvalue weighted by atomic mass is 9.82. The van der Waals surface area contributed by atoms with Crippen LogP contribution in [0.15, 0.2) is 30.4 Å². The average molecular weight is 338 g/mol. The lowest BCUT2D eigenvalue weighted by molar-refractivity contribution is -0.146. The quantitative estimate of drug-likeness (QED) is 0.651. The molecule has 6 nitrogen and oxygen atoms in total. The van der Waals surface area contributed by atoms with Crippen LogP contribution in [0.25, 0.3) is 0 Å². The topological polar surface area (TPSA) is 92.7 Å². The fourth-order valence-electron chi connectivity index (χ4n) is 2.51. The van der Waals surface area contributed by atoms with Crippen molar-refractivity contribution in [2.45, 2.75) is 12.8 Å². The van der Waals surface area contributed by atoms with Gasteiger partial charge in [-0.3, -0.25) is 9.59 Å². The SMILES string of the molecule is COC(=O)c1ccc(Cl)cc1NC(=O)[C@@H]1CC=CC[C@@H]1C(=O)O. The first-order valence-electron chi connectivity index (χ1n) is 7.00. The van der Waals surface area contributed by atoms with Crippen LogP contribution < -0.4 is 5.32 Å². The molecule has 2 rings (SSSR count). The number of aliphatic carboxylic acids is 1. The van der Waals surface area contributed by atoms with Gasteiger partial charge in [0.25, 0.3) is 0 Å². The molecule has 23 heavy (non-hydrogen) atoms. The van der Waals surface area contributed by atoms with Gasteiger partial charge in [0.1, 0.15) is 0 Å². The third-order valence-corrected chi connectivity index (χ3v) is 3.97. The van der Waals surface area contributed by atoms with Crippen LogP contribution in [0.2, 0.25) is 5.02 Å². The molecule has 0 aliphatic heterocycles. The summed E-state index contributed by atoms with van der Waals surface area (Å²) in [5, 5.41) is 12.2. The van der Waals surface area contributed by atoms with Crippen LogP contribution >= 0.6 is 11.6 Å². The van der Waals surface area contributed by atoms with Gasteiger partial charge >= 0.3 is 11.9 Å². The number of anilines is 1. The number of carbonyl (C=O) groups is 3. The van der Waals surface area contributed by atoms with E-state index in [0.717, 1.165) is 0 Å². The summed E-state index contributed by atoms with van der Waals surface area (Å²) in [4.78, 5) is 35.5. The number of rotatable bonds is 4. The first kappa shape index (κ1) is 17.0. The van der Waals surface area contributed by atoms with Gasteiger partial charge < -0.3 is 15.2 Å². The molecule has 0 heterocycles. The number of esters is 1. The van der Waals surface area contributed by atoms with E-state index >= 15 is 0 Å². The number of ether oxygens (including phenoxy) is 1. The van der Waals surface area contributed by atoms with Gasteiger partial charge in [0.05, 0.1) is 30.2 Å². The van der Waals surface area contributed by atoms with Gasteiger partial charge in [-0.15, -0.1) is 0 Å². The van der Waals surface area contributed by atoms with E-state index in [1.165, 1.54) is 25.3 Å². The Kier molecular flexibility index (Phi) is 5.39. The molecule has 7 heteroatoms. The van der Waals surface area contributed by atoms with E-state index < -0.39 is 29.7 Å². The van der Waals surface area contributed by atoms with Crippen molar-refractivity contribution in [3.63, 3.8) is 0 Å². The number of allylic oxidation sites excluding steroid dienone is 2. The summed E-state index contributed by atoms with van der Waals surface area (Å²) in [6.45, 7) is 0. The molecule has 122 valence electrons. The molecular formula is C16H16ClNO5. The van der Waals surface area contributed by atoms with E-state index in [0.29, 0.717) is 17.9 Å². The Morgan fingerprint density at radius 2 is 1.87 bits per heavy atom. The van der Waals surface area contributed by atoms with E-state index in [2.05, 4.69) is 10.1 Å². The van der Waals surface area contributed by atoms with E-state index in [9.17, 15) is 19.5 Å². The Labute approximate surface area is 138 Å². The molecule has 0 saturated heterocycles. The Bertz CT molecular complexity index is 670. The molecule has 1 aliphatic carbocycles. The Balaban J connectivity index is 2.26. The number of hydrogen-bond acceptors (Lipinski definition) is 4. The summed E-state index contributed by atoms with van der Waals surface area (Å²) in [5.41, 5.74) is 0.358. The number of amides is 1. The maximum absolute atomic E-state index is 12.5. The van der Waals surface area contributed by atoms with Gasteiger partial charge in [-0.2, -0.15) is 0 Å². The number of carbonyl (C=O) groups excluding carboxylic acids is 2. The average Bonchev–Trinajstić information content (AvgIpc) is 2.54. The molecule has 0 spiro atoms. The molecule has 1 aliphatic rings. The predicted molar refractivity (Wildman–Crippen MR) is 84.4 cm³/mol. The second kappa shape index (κ2) is 7.28. The molecule has 1 aromatic rings. The van der Waals surface area contributed by atoms with Crippen molar-refractivity contribution in [1.29, 1.82) is 0 Å². The van der Waals surface area contributed by atoms with Gasteiger partial charge in [0.15, 0.2) is 0 Å². The van der Waals surface area contributed by atoms with Crippen molar-refractivity contribution in [2.75, 3.05) is 12.4 Å². The lowest BCUT2D eigenvalue weighted by Gasteiger charge is -2.24. The molecule has 0 fully saturated rings. The van der Waals surface area contributed by atoms with Gasteiger partial charge in [-0.05, 0) is 31.0 Å². The second-order valence-corrected chi connectivity index (χ2v) is 5.60. The summed E-state index contributed by atoms with van der Waals surface area (Å²) in [6, 6.07) is 4.38. The van der Waals surface area contributed by atoms with Crippen LogP contribution in [0.1, 0.15) is 23.2 Å². The first-order chi connectivity index (χ1) is 10.9. The fourth-order valence-corrected chi connectivity index (χ4v) is 2.68. The third kappa shape index (κ3) is 3.90. The summed E-state index contributed by atoms with van der Waals surface area (Å²) < 4.78 is 4.66. The standard InChI is InChI=1S/C16H16ClNO5/c1-23-16(22)12-7-6-9(17)8-13(12)18-14(19)10-4-2-3-5-11(10)15(20)21/h2-3,6-8,10-11H,4-5H2,1H3,(H,18,19)(H,20,21)/t10-,11+/m1/s1. The molecule has 2 N–H and O–H groups in total. The molecule has 2 atom stereocenters. The third-order valence-electron chi connectivity index (χ3n) is 3.73. The molecule has 0 bridgehead atoms. The van der Waals surface area contributed by atoms with Crippen molar-refractivity contribution in [1.82, 2.24) is 0 Å². The summed E-state index contributed by atoms with van der Waals surface area (Å²) in [6.07, 6.45) is 4.16. The number of nitrogens with one attached hydrogen (secondary N) is 1. The number of halogens is 1. The molecule has 0 radical (unpaired) electrons. The van der Waals surface area contributed by atoms with E-state index in [4.69, 9.17) is 11.6 Å². The second-order valence-electron chi connectivity index (χ2n) is 5.16. The zero-order valence-corrected chi connectivity index (χ0v) is 13.2. The van der Waals surface area contributed by atoms with Crippen LogP contribution in [-0.2, 0) is 14.3 Å². The minimum absolute atomic E-state index is 0.156. The molecular weight excluding hydrogens is 322 g/mol. The Hall–Kier alpha value is -2.34. The predicted octanol–water partition coefficient (Wildman–Crippen LogP) is 2.73. The molecule has 1 amide bonds. The number of methoxy groups -OCH3 is 1. The Morgan fingerprint density at radius 3 is 2.48 bits per heavy atom. The highest BCUT2D eigenvalue weighted by Gasteiger charge is 2.34. The molecule has 0 saturated carbocycles. The molecule has 0 aromatic heterocycles. The minimum Gasteiger partial charge on any atom is -0.481 e. The van der Waals surface area contributed by atoms with Gasteiger partial charge in [0, 0.05) is 5.02 Å². The van der Waals surface area contributed by atoms with E-state index in [1.54, 1.807) is 12.2 Å². The lowest BCUT2D eigenvalue weighted by Crippen LogP contribution is -2.35. The highest BCUT2D eigenvalue weighted by Crippen LogP contribution is 2.29. The summed E-state index contributed by atoms with van der Waals surface area (Å²) >= 11 is 5.90. The zero-order valence-electron chi connectivity index (χ0n) is 12.4. The monoisotopic (exact) mass is 337 g/mol. The summed E-state index contributed by atoms with van der Waals surface area (Å²) in [5.74, 6) is -3.60. The Morgan fingerprint density at radius 1 is 1.22 bits per heavy atom. The van der Waals surface area contributed by atoms with Gasteiger partial charge in [-0.1, -0.05) is 23.8 Å².